The Bertz CT molecular complexity index is 267. The smallest absolute Gasteiger partial charge is 0.0730 e. The van der Waals surface area contributed by atoms with Crippen molar-refractivity contribution in [3.05, 3.63) is 0 Å². The summed E-state index contributed by atoms with van der Waals surface area (Å²) in [5, 5.41) is 3.56. The lowest BCUT2D eigenvalue weighted by Crippen LogP contribution is -2.54. The summed E-state index contributed by atoms with van der Waals surface area (Å²) in [4.78, 5) is 2.65. The number of hydrogen-bond donors (Lipinski definition) is 1. The molecule has 4 nitrogen and oxygen atoms in total. The molecule has 0 aromatic carbocycles. The molecule has 3 unspecified atom stereocenters. The third-order valence-electron chi connectivity index (χ3n) is 4.82. The quantitative estimate of drug-likeness (QED) is 0.764. The first-order chi connectivity index (χ1) is 9.43. The summed E-state index contributed by atoms with van der Waals surface area (Å²) in [6.07, 6.45) is 8.78. The summed E-state index contributed by atoms with van der Waals surface area (Å²) in [6.45, 7) is 6.27. The lowest BCUT2D eigenvalue weighted by atomic mass is 9.90. The Morgan fingerprint density at radius 2 is 1.95 bits per heavy atom. The van der Waals surface area contributed by atoms with Crippen molar-refractivity contribution in [3.8, 4) is 0 Å². The van der Waals surface area contributed by atoms with Crippen LogP contribution in [0.1, 0.15) is 38.5 Å². The molecule has 3 fully saturated rings. The van der Waals surface area contributed by atoms with Crippen molar-refractivity contribution in [1.29, 1.82) is 0 Å². The first-order valence-electron chi connectivity index (χ1n) is 8.11. The average Bonchev–Trinajstić information content (AvgIpc) is 2.97. The molecule has 0 amide bonds. The summed E-state index contributed by atoms with van der Waals surface area (Å²) >= 11 is 0. The molecule has 3 atom stereocenters. The fourth-order valence-electron chi connectivity index (χ4n) is 3.75. The van der Waals surface area contributed by atoms with Crippen LogP contribution in [0.2, 0.25) is 0 Å². The fraction of sp³-hybridized carbons (Fsp3) is 1.00. The van der Waals surface area contributed by atoms with Crippen LogP contribution in [0.25, 0.3) is 0 Å². The van der Waals surface area contributed by atoms with Gasteiger partial charge in [0, 0.05) is 38.8 Å². The van der Waals surface area contributed by atoms with Gasteiger partial charge in [-0.25, -0.2) is 0 Å². The van der Waals surface area contributed by atoms with Crippen molar-refractivity contribution >= 4 is 0 Å². The van der Waals surface area contributed by atoms with Gasteiger partial charge in [-0.15, -0.1) is 0 Å². The van der Waals surface area contributed by atoms with Gasteiger partial charge in [0.15, 0.2) is 0 Å². The Morgan fingerprint density at radius 3 is 2.84 bits per heavy atom. The third kappa shape index (κ3) is 3.69. The number of hydrogen-bond acceptors (Lipinski definition) is 4. The van der Waals surface area contributed by atoms with Crippen molar-refractivity contribution in [2.24, 2.45) is 0 Å². The monoisotopic (exact) mass is 268 g/mol. The van der Waals surface area contributed by atoms with Crippen LogP contribution in [0.4, 0.5) is 0 Å². The van der Waals surface area contributed by atoms with Gasteiger partial charge in [0.05, 0.1) is 18.8 Å². The van der Waals surface area contributed by atoms with E-state index >= 15 is 0 Å². The highest BCUT2D eigenvalue weighted by molar-refractivity contribution is 4.87. The molecule has 0 radical (unpaired) electrons. The Hall–Kier alpha value is -0.160. The highest BCUT2D eigenvalue weighted by Crippen LogP contribution is 2.27. The second-order valence-electron chi connectivity index (χ2n) is 6.14. The number of nitrogens with zero attached hydrogens (tertiary/aromatic N) is 1. The van der Waals surface area contributed by atoms with Gasteiger partial charge in [0.25, 0.3) is 0 Å². The maximum absolute atomic E-state index is 5.92. The van der Waals surface area contributed by atoms with Gasteiger partial charge in [-0.1, -0.05) is 12.8 Å². The number of rotatable bonds is 5. The van der Waals surface area contributed by atoms with E-state index in [0.717, 1.165) is 39.4 Å². The van der Waals surface area contributed by atoms with Gasteiger partial charge >= 0.3 is 0 Å². The molecule has 3 aliphatic rings. The van der Waals surface area contributed by atoms with Gasteiger partial charge < -0.3 is 14.8 Å². The van der Waals surface area contributed by atoms with Crippen molar-refractivity contribution in [1.82, 2.24) is 10.2 Å². The van der Waals surface area contributed by atoms with E-state index in [-0.39, 0.29) is 0 Å². The van der Waals surface area contributed by atoms with Crippen LogP contribution in [0, 0.1) is 0 Å². The lowest BCUT2D eigenvalue weighted by molar-refractivity contribution is -0.0874. The van der Waals surface area contributed by atoms with E-state index in [2.05, 4.69) is 10.2 Å². The van der Waals surface area contributed by atoms with E-state index < -0.39 is 0 Å². The highest BCUT2D eigenvalue weighted by Gasteiger charge is 2.33. The fourth-order valence-corrected chi connectivity index (χ4v) is 3.75. The number of nitrogens with one attached hydrogen (secondary N) is 1. The minimum atomic E-state index is 0.465. The standard InChI is InChI=1S/C15H28N2O2/c1-2-6-15-14(5-1)17(9-11-19-15)8-7-16-12-13-4-3-10-18-13/h13-16H,1-12H2. The van der Waals surface area contributed by atoms with Crippen LogP contribution in [0.3, 0.4) is 0 Å². The van der Waals surface area contributed by atoms with E-state index in [1.165, 1.54) is 38.5 Å². The Kier molecular flexibility index (Phi) is 5.10. The van der Waals surface area contributed by atoms with Gasteiger partial charge in [0.2, 0.25) is 0 Å². The molecule has 0 aromatic rings. The van der Waals surface area contributed by atoms with Crippen molar-refractivity contribution in [2.45, 2.75) is 56.8 Å². The zero-order valence-corrected chi connectivity index (χ0v) is 12.0. The molecule has 2 heterocycles. The van der Waals surface area contributed by atoms with Crippen molar-refractivity contribution < 1.29 is 9.47 Å². The summed E-state index contributed by atoms with van der Waals surface area (Å²) in [6, 6.07) is 0.687. The molecule has 1 N–H and O–H groups in total. The Balaban J connectivity index is 1.36. The first-order valence-corrected chi connectivity index (χ1v) is 8.11. The van der Waals surface area contributed by atoms with E-state index in [4.69, 9.17) is 9.47 Å². The molecule has 0 spiro atoms. The van der Waals surface area contributed by atoms with E-state index in [0.29, 0.717) is 18.2 Å². The number of fused-ring (bicyclic) bond motifs is 1. The van der Waals surface area contributed by atoms with Crippen LogP contribution >= 0.6 is 0 Å². The minimum Gasteiger partial charge on any atom is -0.377 e. The predicted molar refractivity (Wildman–Crippen MR) is 75.4 cm³/mol. The predicted octanol–water partition coefficient (Wildman–Crippen LogP) is 1.40. The zero-order valence-electron chi connectivity index (χ0n) is 12.0. The third-order valence-corrected chi connectivity index (χ3v) is 4.82. The molecule has 19 heavy (non-hydrogen) atoms. The van der Waals surface area contributed by atoms with Crippen LogP contribution in [0.5, 0.6) is 0 Å². The van der Waals surface area contributed by atoms with Gasteiger partial charge in [-0.3, -0.25) is 4.90 Å². The van der Waals surface area contributed by atoms with Crippen molar-refractivity contribution in [2.75, 3.05) is 39.4 Å². The topological polar surface area (TPSA) is 33.7 Å². The van der Waals surface area contributed by atoms with E-state index in [1.807, 2.05) is 0 Å². The molecule has 1 aliphatic carbocycles. The molecular formula is C15H28N2O2. The number of ether oxygens (including phenoxy) is 2. The molecule has 0 aromatic heterocycles. The van der Waals surface area contributed by atoms with Gasteiger partial charge in [-0.2, -0.15) is 0 Å². The maximum atomic E-state index is 5.92. The largest absolute Gasteiger partial charge is 0.377 e. The molecule has 3 rings (SSSR count). The maximum Gasteiger partial charge on any atom is 0.0730 e. The lowest BCUT2D eigenvalue weighted by Gasteiger charge is -2.43. The summed E-state index contributed by atoms with van der Waals surface area (Å²) in [7, 11) is 0. The Labute approximate surface area is 116 Å². The molecule has 0 bridgehead atoms. The molecule has 2 aliphatic heterocycles. The van der Waals surface area contributed by atoms with Crippen LogP contribution in [-0.4, -0.2) is 62.5 Å². The SMILES string of the molecule is C1COC(CNCCN2CCOC3CCCCC32)C1. The highest BCUT2D eigenvalue weighted by atomic mass is 16.5. The van der Waals surface area contributed by atoms with Gasteiger partial charge in [-0.05, 0) is 25.7 Å². The van der Waals surface area contributed by atoms with Gasteiger partial charge in [0.1, 0.15) is 0 Å². The normalized spacial score (nSPS) is 36.3. The zero-order chi connectivity index (χ0) is 12.9. The summed E-state index contributed by atoms with van der Waals surface area (Å²) < 4.78 is 11.6. The first kappa shape index (κ1) is 13.8. The van der Waals surface area contributed by atoms with Crippen LogP contribution in [-0.2, 0) is 9.47 Å². The molecule has 4 heteroatoms. The Morgan fingerprint density at radius 1 is 1.00 bits per heavy atom. The number of morpholine rings is 1. The van der Waals surface area contributed by atoms with Crippen molar-refractivity contribution in [3.63, 3.8) is 0 Å². The summed E-state index contributed by atoms with van der Waals surface area (Å²) in [5.41, 5.74) is 0. The van der Waals surface area contributed by atoms with E-state index in [1.54, 1.807) is 0 Å². The minimum absolute atomic E-state index is 0.465. The summed E-state index contributed by atoms with van der Waals surface area (Å²) in [5.74, 6) is 0. The van der Waals surface area contributed by atoms with Crippen LogP contribution < -0.4 is 5.32 Å². The second kappa shape index (κ2) is 7.02. The second-order valence-corrected chi connectivity index (χ2v) is 6.14. The van der Waals surface area contributed by atoms with Crippen LogP contribution in [0.15, 0.2) is 0 Å². The molecule has 2 saturated heterocycles. The average molecular weight is 268 g/mol. The molecular weight excluding hydrogens is 240 g/mol. The van der Waals surface area contributed by atoms with E-state index in [9.17, 15) is 0 Å². The molecule has 110 valence electrons. The molecule has 1 saturated carbocycles.